The summed E-state index contributed by atoms with van der Waals surface area (Å²) in [5, 5.41) is 8.77. The number of rotatable bonds is 3. The minimum atomic E-state index is -0.689. The van der Waals surface area contributed by atoms with Crippen LogP contribution in [0.2, 0.25) is 0 Å². The Morgan fingerprint density at radius 3 is 2.80 bits per heavy atom. The van der Waals surface area contributed by atoms with E-state index < -0.39 is 23.4 Å². The predicted octanol–water partition coefficient (Wildman–Crippen LogP) is 1.52. The molecule has 1 atom stereocenters. The quantitative estimate of drug-likeness (QED) is 0.478. The van der Waals surface area contributed by atoms with Gasteiger partial charge in [-0.15, -0.1) is 0 Å². The number of hydrogen-bond donors (Lipinski definition) is 0. The van der Waals surface area contributed by atoms with Crippen LogP contribution in [0.1, 0.15) is 17.5 Å². The Kier molecular flexibility index (Phi) is 3.92. The summed E-state index contributed by atoms with van der Waals surface area (Å²) < 4.78 is 26.8. The number of fused-ring (bicyclic) bond motifs is 1. The standard InChI is InChI=1S/C14H10F2N2O2/c15-10-3-9-4-11(1-2-13(9)14(16)5-10)18(8-20)12(6-17)7-19/h3,5,8,11H,1-2,4H2/t11-/m0/s1. The molecule has 1 aromatic rings. The third-order valence-electron chi connectivity index (χ3n) is 3.40. The number of hydrogen-bond acceptors (Lipinski definition) is 3. The number of carbonyl (C=O) groups is 1. The summed E-state index contributed by atoms with van der Waals surface area (Å²) in [6.07, 6.45) is 1.26. The van der Waals surface area contributed by atoms with E-state index in [2.05, 4.69) is 0 Å². The van der Waals surface area contributed by atoms with Crippen molar-refractivity contribution in [2.24, 2.45) is 0 Å². The molecule has 0 saturated heterocycles. The fraction of sp³-hybridized carbons (Fsp3) is 0.286. The zero-order chi connectivity index (χ0) is 14.7. The van der Waals surface area contributed by atoms with Crippen molar-refractivity contribution in [3.63, 3.8) is 0 Å². The molecule has 0 aliphatic heterocycles. The first-order valence-electron chi connectivity index (χ1n) is 5.96. The second kappa shape index (κ2) is 5.64. The second-order valence-corrected chi connectivity index (χ2v) is 4.50. The Hall–Kier alpha value is -2.51. The average Bonchev–Trinajstić information content (AvgIpc) is 2.43. The Bertz CT molecular complexity index is 645. The molecule has 0 radical (unpaired) electrons. The number of halogens is 2. The van der Waals surface area contributed by atoms with E-state index in [9.17, 15) is 18.4 Å². The molecule has 2 rings (SSSR count). The molecule has 1 aliphatic rings. The summed E-state index contributed by atoms with van der Waals surface area (Å²) in [6.45, 7) is 0. The minimum absolute atomic E-state index is 0.190. The molecule has 1 amide bonds. The van der Waals surface area contributed by atoms with Gasteiger partial charge in [-0.2, -0.15) is 5.26 Å². The normalized spacial score (nSPS) is 16.6. The second-order valence-electron chi connectivity index (χ2n) is 4.50. The lowest BCUT2D eigenvalue weighted by Gasteiger charge is -2.31. The molecule has 0 N–H and O–H groups in total. The summed E-state index contributed by atoms with van der Waals surface area (Å²) in [4.78, 5) is 22.6. The van der Waals surface area contributed by atoms with Crippen molar-refractivity contribution in [3.05, 3.63) is 40.6 Å². The van der Waals surface area contributed by atoms with Crippen LogP contribution in [0.3, 0.4) is 0 Å². The van der Waals surface area contributed by atoms with Crippen LogP contribution in [0.5, 0.6) is 0 Å². The van der Waals surface area contributed by atoms with E-state index in [1.54, 1.807) is 6.07 Å². The lowest BCUT2D eigenvalue weighted by Crippen LogP contribution is -2.38. The van der Waals surface area contributed by atoms with E-state index in [4.69, 9.17) is 5.26 Å². The lowest BCUT2D eigenvalue weighted by molar-refractivity contribution is -0.118. The smallest absolute Gasteiger partial charge is 0.215 e. The molecule has 6 heteroatoms. The van der Waals surface area contributed by atoms with Crippen molar-refractivity contribution in [3.8, 4) is 6.07 Å². The number of benzene rings is 1. The third-order valence-corrected chi connectivity index (χ3v) is 3.40. The maximum absolute atomic E-state index is 13.6. The largest absolute Gasteiger partial charge is 0.293 e. The van der Waals surface area contributed by atoms with Crippen LogP contribution in [0.15, 0.2) is 17.8 Å². The molecule has 0 spiro atoms. The van der Waals surface area contributed by atoms with E-state index in [-0.39, 0.29) is 6.42 Å². The van der Waals surface area contributed by atoms with E-state index in [1.807, 2.05) is 0 Å². The fourth-order valence-electron chi connectivity index (χ4n) is 2.48. The van der Waals surface area contributed by atoms with Crippen LogP contribution in [0, 0.1) is 23.0 Å². The van der Waals surface area contributed by atoms with E-state index >= 15 is 0 Å². The fourth-order valence-corrected chi connectivity index (χ4v) is 2.48. The first-order valence-corrected chi connectivity index (χ1v) is 5.96. The maximum Gasteiger partial charge on any atom is 0.215 e. The molecule has 0 heterocycles. The van der Waals surface area contributed by atoms with Crippen molar-refractivity contribution < 1.29 is 18.4 Å². The lowest BCUT2D eigenvalue weighted by atomic mass is 9.87. The van der Waals surface area contributed by atoms with Gasteiger partial charge < -0.3 is 0 Å². The summed E-state index contributed by atoms with van der Waals surface area (Å²) in [7, 11) is 0. The Morgan fingerprint density at radius 2 is 2.20 bits per heavy atom. The average molecular weight is 276 g/mol. The number of nitrogens with zero attached hydrogens (tertiary/aromatic N) is 2. The van der Waals surface area contributed by atoms with Crippen LogP contribution < -0.4 is 0 Å². The summed E-state index contributed by atoms with van der Waals surface area (Å²) in [5.41, 5.74) is 0.446. The molecule has 1 aromatic carbocycles. The summed E-state index contributed by atoms with van der Waals surface area (Å²) in [6, 6.07) is 3.15. The van der Waals surface area contributed by atoms with Gasteiger partial charge in [-0.1, -0.05) is 0 Å². The molecule has 0 fully saturated rings. The summed E-state index contributed by atoms with van der Waals surface area (Å²) in [5.74, 6) is 0.101. The predicted molar refractivity (Wildman–Crippen MR) is 64.9 cm³/mol. The van der Waals surface area contributed by atoms with Crippen LogP contribution in [-0.2, 0) is 22.4 Å². The molecule has 20 heavy (non-hydrogen) atoms. The van der Waals surface area contributed by atoms with E-state index in [1.165, 1.54) is 12.0 Å². The molecule has 0 bridgehead atoms. The highest BCUT2D eigenvalue weighted by atomic mass is 19.1. The Labute approximate surface area is 113 Å². The van der Waals surface area contributed by atoms with Crippen molar-refractivity contribution in [1.29, 1.82) is 5.26 Å². The number of nitriles is 1. The molecule has 1 aliphatic carbocycles. The maximum atomic E-state index is 13.6. The molecular weight excluding hydrogens is 266 g/mol. The van der Waals surface area contributed by atoms with Gasteiger partial charge in [0, 0.05) is 12.1 Å². The highest BCUT2D eigenvalue weighted by molar-refractivity contribution is 5.66. The zero-order valence-electron chi connectivity index (χ0n) is 10.4. The van der Waals surface area contributed by atoms with Crippen molar-refractivity contribution >= 4 is 12.4 Å². The van der Waals surface area contributed by atoms with Gasteiger partial charge in [0.2, 0.25) is 12.1 Å². The first-order chi connectivity index (χ1) is 9.60. The highest BCUT2D eigenvalue weighted by Gasteiger charge is 2.28. The molecule has 0 unspecified atom stereocenters. The van der Waals surface area contributed by atoms with Crippen molar-refractivity contribution in [2.45, 2.75) is 25.3 Å². The van der Waals surface area contributed by atoms with Gasteiger partial charge in [-0.3, -0.25) is 9.69 Å². The van der Waals surface area contributed by atoms with Crippen LogP contribution in [0.4, 0.5) is 8.78 Å². The van der Waals surface area contributed by atoms with Crippen molar-refractivity contribution in [1.82, 2.24) is 4.90 Å². The van der Waals surface area contributed by atoms with Gasteiger partial charge in [0.25, 0.3) is 0 Å². The number of amides is 1. The molecule has 0 saturated carbocycles. The van der Waals surface area contributed by atoms with Gasteiger partial charge in [0.15, 0.2) is 5.94 Å². The number of carbonyl (C=O) groups excluding carboxylic acids is 2. The van der Waals surface area contributed by atoms with Gasteiger partial charge in [-0.05, 0) is 36.5 Å². The Balaban J connectivity index is 2.33. The van der Waals surface area contributed by atoms with Crippen LogP contribution in [-0.4, -0.2) is 23.3 Å². The zero-order valence-corrected chi connectivity index (χ0v) is 10.4. The van der Waals surface area contributed by atoms with Crippen molar-refractivity contribution in [2.75, 3.05) is 0 Å². The molecular formula is C14H10F2N2O2. The van der Waals surface area contributed by atoms with Crippen LogP contribution in [0.25, 0.3) is 0 Å². The van der Waals surface area contributed by atoms with Gasteiger partial charge in [0.05, 0.1) is 0 Å². The van der Waals surface area contributed by atoms with Gasteiger partial charge in [-0.25, -0.2) is 13.6 Å². The monoisotopic (exact) mass is 276 g/mol. The van der Waals surface area contributed by atoms with Crippen LogP contribution >= 0.6 is 0 Å². The molecule has 4 nitrogen and oxygen atoms in total. The summed E-state index contributed by atoms with van der Waals surface area (Å²) >= 11 is 0. The van der Waals surface area contributed by atoms with E-state index in [0.717, 1.165) is 11.0 Å². The molecule has 0 aromatic heterocycles. The van der Waals surface area contributed by atoms with Gasteiger partial charge in [0.1, 0.15) is 17.7 Å². The van der Waals surface area contributed by atoms with E-state index in [0.29, 0.717) is 30.4 Å². The first kappa shape index (κ1) is 13.9. The third kappa shape index (κ3) is 2.44. The SMILES string of the molecule is N#CC(=C=O)N(C=O)[C@H]1CCc2c(F)cc(F)cc2C1. The number of allylic oxidation sites excluding steroid dienone is 1. The molecule has 102 valence electrons. The highest BCUT2D eigenvalue weighted by Crippen LogP contribution is 2.28. The minimum Gasteiger partial charge on any atom is -0.293 e. The topological polar surface area (TPSA) is 61.2 Å². The van der Waals surface area contributed by atoms with Gasteiger partial charge >= 0.3 is 0 Å². The Morgan fingerprint density at radius 1 is 1.45 bits per heavy atom.